The van der Waals surface area contributed by atoms with Crippen LogP contribution >= 0.6 is 0 Å². The molecular formula is C25H25N7O2. The van der Waals surface area contributed by atoms with E-state index in [-0.39, 0.29) is 24.4 Å². The van der Waals surface area contributed by atoms with E-state index < -0.39 is 0 Å². The minimum absolute atomic E-state index is 0.0217. The van der Waals surface area contributed by atoms with E-state index in [9.17, 15) is 9.59 Å². The lowest BCUT2D eigenvalue weighted by atomic mass is 9.99. The first-order chi connectivity index (χ1) is 16.4. The molecule has 0 bridgehead atoms. The molecule has 3 aromatic heterocycles. The van der Waals surface area contributed by atoms with E-state index in [1.54, 1.807) is 37.4 Å². The van der Waals surface area contributed by atoms with Gasteiger partial charge in [0.25, 0.3) is 5.91 Å². The Bertz CT molecular complexity index is 1390. The zero-order valence-corrected chi connectivity index (χ0v) is 19.0. The number of amides is 2. The highest BCUT2D eigenvalue weighted by atomic mass is 16.2. The van der Waals surface area contributed by atoms with Crippen LogP contribution in [0.1, 0.15) is 23.2 Å². The predicted octanol–water partition coefficient (Wildman–Crippen LogP) is 2.72. The predicted molar refractivity (Wildman–Crippen MR) is 130 cm³/mol. The molecule has 1 fully saturated rings. The molecule has 0 aliphatic heterocycles. The van der Waals surface area contributed by atoms with E-state index >= 15 is 0 Å². The molecule has 0 radical (unpaired) electrons. The highest BCUT2D eigenvalue weighted by Gasteiger charge is 2.24. The van der Waals surface area contributed by atoms with Gasteiger partial charge in [0.2, 0.25) is 5.91 Å². The quantitative estimate of drug-likeness (QED) is 0.461. The molecule has 9 nitrogen and oxygen atoms in total. The Labute approximate surface area is 196 Å². The lowest BCUT2D eigenvalue weighted by molar-refractivity contribution is -0.129. The van der Waals surface area contributed by atoms with Gasteiger partial charge < -0.3 is 16.0 Å². The van der Waals surface area contributed by atoms with Gasteiger partial charge in [-0.25, -0.2) is 4.98 Å². The average Bonchev–Trinajstić information content (AvgIpc) is 3.53. The number of fused-ring (bicyclic) bond motifs is 1. The largest absolute Gasteiger partial charge is 0.382 e. The van der Waals surface area contributed by atoms with E-state index in [1.165, 1.54) is 4.90 Å². The molecule has 1 saturated carbocycles. The number of hydrogen-bond acceptors (Lipinski definition) is 6. The third-order valence-corrected chi connectivity index (χ3v) is 5.89. The second-order valence-electron chi connectivity index (χ2n) is 8.72. The number of carbonyl (C=O) groups excluding carboxylic acids is 2. The van der Waals surface area contributed by atoms with Crippen molar-refractivity contribution in [3.63, 3.8) is 0 Å². The summed E-state index contributed by atoms with van der Waals surface area (Å²) >= 11 is 0. The number of aromatic nitrogens is 4. The van der Waals surface area contributed by atoms with Crippen LogP contribution in [0.15, 0.2) is 55.1 Å². The van der Waals surface area contributed by atoms with Gasteiger partial charge in [-0.15, -0.1) is 0 Å². The number of nitrogens with one attached hydrogen (secondary N) is 1. The monoisotopic (exact) mass is 455 g/mol. The average molecular weight is 456 g/mol. The lowest BCUT2D eigenvalue weighted by Crippen LogP contribution is -2.26. The maximum atomic E-state index is 12.5. The maximum Gasteiger partial charge on any atom is 0.253 e. The Hall–Kier alpha value is -4.27. The number of nitrogens with two attached hydrogens (primary N) is 1. The molecular weight excluding hydrogens is 430 g/mol. The number of hydrogen-bond donors (Lipinski definition) is 2. The molecule has 9 heteroatoms. The van der Waals surface area contributed by atoms with Crippen molar-refractivity contribution < 1.29 is 9.59 Å². The Morgan fingerprint density at radius 3 is 2.50 bits per heavy atom. The Morgan fingerprint density at radius 1 is 1.06 bits per heavy atom. The number of benzene rings is 1. The molecule has 5 rings (SSSR count). The number of pyridine rings is 2. The van der Waals surface area contributed by atoms with E-state index in [1.807, 2.05) is 36.5 Å². The first kappa shape index (κ1) is 21.6. The standard InChI is InChI=1S/C25H25N7O2/c1-31(2)22(33)14-32-13-18(11-29-32)15-3-5-16(6-4-15)21-12-28-24(26)23-20(21)9-17(10-27-23)25(34)30-19-7-8-19/h3-6,9-13,19H,7-8,14H2,1-2H3,(H2,26,28)(H,30,34). The van der Waals surface area contributed by atoms with Crippen molar-refractivity contribution in [3.8, 4) is 22.3 Å². The molecule has 2 amide bonds. The van der Waals surface area contributed by atoms with Crippen molar-refractivity contribution in [2.24, 2.45) is 0 Å². The van der Waals surface area contributed by atoms with Gasteiger partial charge in [0.1, 0.15) is 17.9 Å². The van der Waals surface area contributed by atoms with E-state index in [0.717, 1.165) is 40.5 Å². The van der Waals surface area contributed by atoms with Crippen molar-refractivity contribution >= 4 is 28.5 Å². The summed E-state index contributed by atoms with van der Waals surface area (Å²) in [6.07, 6.45) is 8.89. The normalized spacial score (nSPS) is 13.1. The van der Waals surface area contributed by atoms with Crippen LogP contribution in [0.5, 0.6) is 0 Å². The zero-order chi connectivity index (χ0) is 23.8. The molecule has 172 valence electrons. The summed E-state index contributed by atoms with van der Waals surface area (Å²) in [5.74, 6) is 0.175. The molecule has 0 saturated heterocycles. The second-order valence-corrected chi connectivity index (χ2v) is 8.72. The van der Waals surface area contributed by atoms with Gasteiger partial charge in [0.05, 0.1) is 11.8 Å². The maximum absolute atomic E-state index is 12.5. The SMILES string of the molecule is CN(C)C(=O)Cn1cc(-c2ccc(-c3cnc(N)c4ncc(C(=O)NC5CC5)cc34)cc2)cn1. The van der Waals surface area contributed by atoms with Gasteiger partial charge in [0, 0.05) is 55.2 Å². The molecule has 0 spiro atoms. The fourth-order valence-corrected chi connectivity index (χ4v) is 3.71. The Balaban J connectivity index is 1.44. The van der Waals surface area contributed by atoms with Crippen LogP contribution in [0.25, 0.3) is 33.2 Å². The van der Waals surface area contributed by atoms with Gasteiger partial charge >= 0.3 is 0 Å². The molecule has 3 heterocycles. The van der Waals surface area contributed by atoms with Crippen LogP contribution in [0.3, 0.4) is 0 Å². The van der Waals surface area contributed by atoms with Crippen LogP contribution in [-0.2, 0) is 11.3 Å². The third kappa shape index (κ3) is 4.32. The van der Waals surface area contributed by atoms with E-state index in [2.05, 4.69) is 20.4 Å². The number of likely N-dealkylation sites (N-methyl/N-ethyl adjacent to an activating group) is 1. The smallest absolute Gasteiger partial charge is 0.253 e. The highest BCUT2D eigenvalue weighted by molar-refractivity contribution is 6.04. The van der Waals surface area contributed by atoms with Crippen molar-refractivity contribution in [3.05, 3.63) is 60.7 Å². The molecule has 1 aliphatic carbocycles. The summed E-state index contributed by atoms with van der Waals surface area (Å²) in [6, 6.07) is 10.0. The Kier molecular flexibility index (Phi) is 5.45. The molecule has 0 atom stereocenters. The van der Waals surface area contributed by atoms with Gasteiger partial charge in [-0.05, 0) is 30.0 Å². The number of anilines is 1. The summed E-state index contributed by atoms with van der Waals surface area (Å²) in [7, 11) is 3.44. The summed E-state index contributed by atoms with van der Waals surface area (Å²) in [5, 5.41) is 8.07. The lowest BCUT2D eigenvalue weighted by Gasteiger charge is -2.11. The number of rotatable bonds is 6. The summed E-state index contributed by atoms with van der Waals surface area (Å²) in [5.41, 5.74) is 10.8. The van der Waals surface area contributed by atoms with Crippen molar-refractivity contribution in [2.75, 3.05) is 19.8 Å². The number of carbonyl (C=O) groups is 2. The number of nitrogen functional groups attached to an aromatic ring is 1. The zero-order valence-electron chi connectivity index (χ0n) is 19.0. The molecule has 34 heavy (non-hydrogen) atoms. The highest BCUT2D eigenvalue weighted by Crippen LogP contribution is 2.32. The van der Waals surface area contributed by atoms with Crippen molar-refractivity contribution in [1.29, 1.82) is 0 Å². The molecule has 1 aromatic carbocycles. The van der Waals surface area contributed by atoms with Crippen molar-refractivity contribution in [2.45, 2.75) is 25.4 Å². The van der Waals surface area contributed by atoms with Crippen LogP contribution in [0, 0.1) is 0 Å². The fraction of sp³-hybridized carbons (Fsp3) is 0.240. The van der Waals surface area contributed by atoms with Gasteiger partial charge in [-0.1, -0.05) is 24.3 Å². The summed E-state index contributed by atoms with van der Waals surface area (Å²) in [4.78, 5) is 34.8. The van der Waals surface area contributed by atoms with Crippen LogP contribution in [0.4, 0.5) is 5.82 Å². The minimum Gasteiger partial charge on any atom is -0.382 e. The molecule has 0 unspecified atom stereocenters. The molecule has 3 N–H and O–H groups in total. The minimum atomic E-state index is -0.127. The van der Waals surface area contributed by atoms with E-state index in [0.29, 0.717) is 16.9 Å². The van der Waals surface area contributed by atoms with Gasteiger partial charge in [-0.3, -0.25) is 19.3 Å². The molecule has 1 aliphatic rings. The first-order valence-corrected chi connectivity index (χ1v) is 11.1. The topological polar surface area (TPSA) is 119 Å². The fourth-order valence-electron chi connectivity index (χ4n) is 3.71. The summed E-state index contributed by atoms with van der Waals surface area (Å²) in [6.45, 7) is 0.192. The second kappa shape index (κ2) is 8.58. The third-order valence-electron chi connectivity index (χ3n) is 5.89. The summed E-state index contributed by atoms with van der Waals surface area (Å²) < 4.78 is 1.63. The Morgan fingerprint density at radius 2 is 1.79 bits per heavy atom. The van der Waals surface area contributed by atoms with Crippen LogP contribution < -0.4 is 11.1 Å². The van der Waals surface area contributed by atoms with E-state index in [4.69, 9.17) is 5.73 Å². The first-order valence-electron chi connectivity index (χ1n) is 11.1. The van der Waals surface area contributed by atoms with Gasteiger partial charge in [0.15, 0.2) is 0 Å². The van der Waals surface area contributed by atoms with Crippen molar-refractivity contribution in [1.82, 2.24) is 30.0 Å². The molecule has 4 aromatic rings. The number of nitrogens with zero attached hydrogens (tertiary/aromatic N) is 5. The van der Waals surface area contributed by atoms with Crippen LogP contribution in [0.2, 0.25) is 0 Å². The van der Waals surface area contributed by atoms with Gasteiger partial charge in [-0.2, -0.15) is 5.10 Å². The van der Waals surface area contributed by atoms with Crippen LogP contribution in [-0.4, -0.2) is 56.6 Å².